The maximum Gasteiger partial charge on any atom is 0.181 e. The lowest BCUT2D eigenvalue weighted by atomic mass is 9.90. The number of nitrogens with zero attached hydrogens (tertiary/aromatic N) is 6. The first-order valence-electron chi connectivity index (χ1n) is 11.5. The van der Waals surface area contributed by atoms with Crippen LogP contribution in [0.15, 0.2) is 41.5 Å². The molecule has 0 fully saturated rings. The van der Waals surface area contributed by atoms with Crippen molar-refractivity contribution in [1.29, 1.82) is 0 Å². The Hall–Kier alpha value is -3.17. The molecule has 172 valence electrons. The van der Waals surface area contributed by atoms with E-state index >= 15 is 0 Å². The first kappa shape index (κ1) is 21.7. The van der Waals surface area contributed by atoms with Crippen molar-refractivity contribution in [2.24, 2.45) is 7.05 Å². The molecule has 9 nitrogen and oxygen atoms in total. The molecule has 3 aliphatic carbocycles. The number of aliphatic hydroxyl groups excluding tert-OH is 1. The van der Waals surface area contributed by atoms with Crippen LogP contribution in [-0.2, 0) is 24.6 Å². The first-order valence-corrected chi connectivity index (χ1v) is 11.5. The van der Waals surface area contributed by atoms with Gasteiger partial charge in [-0.2, -0.15) is 4.80 Å². The minimum Gasteiger partial charge on any atom is -0.394 e. The predicted molar refractivity (Wildman–Crippen MR) is 125 cm³/mol. The van der Waals surface area contributed by atoms with Gasteiger partial charge in [0.25, 0.3) is 0 Å². The Morgan fingerprint density at radius 1 is 1.21 bits per heavy atom. The molecule has 0 aromatic carbocycles. The van der Waals surface area contributed by atoms with Crippen LogP contribution < -0.4 is 5.32 Å². The summed E-state index contributed by atoms with van der Waals surface area (Å²) < 4.78 is 5.43. The highest BCUT2D eigenvalue weighted by atomic mass is 16.5. The number of aryl methyl sites for hydroxylation is 1. The lowest BCUT2D eigenvalue weighted by Crippen LogP contribution is -2.15. The smallest absolute Gasteiger partial charge is 0.181 e. The third-order valence-electron chi connectivity index (χ3n) is 6.05. The highest BCUT2D eigenvalue weighted by Crippen LogP contribution is 2.44. The summed E-state index contributed by atoms with van der Waals surface area (Å²) in [5.74, 6) is 2.56. The van der Waals surface area contributed by atoms with E-state index in [2.05, 4.69) is 51.1 Å². The molecule has 2 aromatic heterocycles. The Balaban J connectivity index is 1.42. The summed E-state index contributed by atoms with van der Waals surface area (Å²) in [6, 6.07) is 0. The molecule has 0 aliphatic heterocycles. The van der Waals surface area contributed by atoms with Gasteiger partial charge in [0.05, 0.1) is 32.6 Å². The Morgan fingerprint density at radius 2 is 2.15 bits per heavy atom. The van der Waals surface area contributed by atoms with Gasteiger partial charge in [0.15, 0.2) is 5.82 Å². The molecule has 0 amide bonds. The maximum absolute atomic E-state index is 8.93. The fourth-order valence-electron chi connectivity index (χ4n) is 4.57. The maximum atomic E-state index is 8.93. The van der Waals surface area contributed by atoms with Gasteiger partial charge < -0.3 is 15.2 Å². The van der Waals surface area contributed by atoms with Crippen LogP contribution in [0.25, 0.3) is 5.57 Å². The summed E-state index contributed by atoms with van der Waals surface area (Å²) in [5, 5.41) is 25.0. The van der Waals surface area contributed by atoms with Gasteiger partial charge in [-0.05, 0) is 41.2 Å². The largest absolute Gasteiger partial charge is 0.394 e. The molecule has 0 bridgehead atoms. The van der Waals surface area contributed by atoms with E-state index in [1.54, 1.807) is 7.05 Å². The van der Waals surface area contributed by atoms with Crippen LogP contribution in [0, 0.1) is 0 Å². The fourth-order valence-corrected chi connectivity index (χ4v) is 4.57. The summed E-state index contributed by atoms with van der Waals surface area (Å²) >= 11 is 0. The fraction of sp³-hybridized carbons (Fsp3) is 0.458. The monoisotopic (exact) mass is 447 g/mol. The number of aliphatic hydroxyl groups is 1. The van der Waals surface area contributed by atoms with Crippen LogP contribution in [0.1, 0.15) is 48.1 Å². The molecule has 5 rings (SSSR count). The zero-order valence-corrected chi connectivity index (χ0v) is 18.9. The second kappa shape index (κ2) is 9.76. The Labute approximate surface area is 193 Å². The molecule has 0 saturated heterocycles. The van der Waals surface area contributed by atoms with Crippen LogP contribution in [0.4, 0.5) is 5.82 Å². The third-order valence-corrected chi connectivity index (χ3v) is 6.05. The number of hydrogen-bond acceptors (Lipinski definition) is 8. The van der Waals surface area contributed by atoms with Crippen molar-refractivity contribution in [3.63, 3.8) is 0 Å². The second-order valence-electron chi connectivity index (χ2n) is 8.47. The minimum atomic E-state index is 0.0263. The zero-order chi connectivity index (χ0) is 22.6. The van der Waals surface area contributed by atoms with Crippen molar-refractivity contribution in [2.75, 3.05) is 31.7 Å². The van der Waals surface area contributed by atoms with Crippen LogP contribution in [0.3, 0.4) is 0 Å². The van der Waals surface area contributed by atoms with Crippen LogP contribution in [0.5, 0.6) is 0 Å². The van der Waals surface area contributed by atoms with Gasteiger partial charge in [0, 0.05) is 30.9 Å². The van der Waals surface area contributed by atoms with Crippen LogP contribution in [-0.4, -0.2) is 61.6 Å². The van der Waals surface area contributed by atoms with Crippen molar-refractivity contribution < 1.29 is 9.84 Å². The minimum absolute atomic E-state index is 0.0263. The quantitative estimate of drug-likeness (QED) is 0.564. The first-order chi connectivity index (χ1) is 16.2. The van der Waals surface area contributed by atoms with E-state index in [4.69, 9.17) is 19.8 Å². The summed E-state index contributed by atoms with van der Waals surface area (Å²) in [4.78, 5) is 11.4. The number of fused-ring (bicyclic) bond motifs is 3. The number of nitrogens with one attached hydrogen (secondary N) is 1. The average Bonchev–Trinajstić information content (AvgIpc) is 3.42. The molecule has 1 unspecified atom stereocenters. The molecule has 9 heteroatoms. The average molecular weight is 448 g/mol. The van der Waals surface area contributed by atoms with Gasteiger partial charge >= 0.3 is 0 Å². The van der Waals surface area contributed by atoms with Crippen molar-refractivity contribution in [3.8, 4) is 0 Å². The molecule has 1 atom stereocenters. The second-order valence-corrected chi connectivity index (χ2v) is 8.47. The molecule has 3 aliphatic rings. The van der Waals surface area contributed by atoms with Crippen molar-refractivity contribution in [3.05, 3.63) is 64.4 Å². The van der Waals surface area contributed by atoms with Gasteiger partial charge in [-0.3, -0.25) is 0 Å². The van der Waals surface area contributed by atoms with Gasteiger partial charge in [0.2, 0.25) is 0 Å². The van der Waals surface area contributed by atoms with E-state index in [1.165, 1.54) is 21.5 Å². The van der Waals surface area contributed by atoms with E-state index in [9.17, 15) is 0 Å². The molecular formula is C24H29N7O2. The number of hydrogen-bond donors (Lipinski definition) is 2. The van der Waals surface area contributed by atoms with Crippen molar-refractivity contribution >= 4 is 11.4 Å². The molecule has 2 heterocycles. The summed E-state index contributed by atoms with van der Waals surface area (Å²) in [5.41, 5.74) is 5.86. The SMILES string of the molecule is Cn1nnc(C2C=C3Cc4nc(CC5=CCCC=C5)nc(NCCOCCO)c4C3=CC2)n1. The van der Waals surface area contributed by atoms with E-state index in [-0.39, 0.29) is 12.5 Å². The Kier molecular flexibility index (Phi) is 6.41. The van der Waals surface area contributed by atoms with E-state index in [1.807, 2.05) is 0 Å². The van der Waals surface area contributed by atoms with Crippen LogP contribution >= 0.6 is 0 Å². The Morgan fingerprint density at radius 3 is 2.94 bits per heavy atom. The van der Waals surface area contributed by atoms with E-state index < -0.39 is 0 Å². The third kappa shape index (κ3) is 4.79. The number of aromatic nitrogens is 6. The molecule has 33 heavy (non-hydrogen) atoms. The van der Waals surface area contributed by atoms with Crippen molar-refractivity contribution in [1.82, 2.24) is 30.2 Å². The lowest BCUT2D eigenvalue weighted by molar-refractivity contribution is 0.0992. The molecular weight excluding hydrogens is 418 g/mol. The number of allylic oxidation sites excluding steroid dienone is 8. The highest BCUT2D eigenvalue weighted by Gasteiger charge is 2.31. The number of rotatable bonds is 9. The van der Waals surface area contributed by atoms with E-state index in [0.717, 1.165) is 60.8 Å². The van der Waals surface area contributed by atoms with Gasteiger partial charge in [-0.25, -0.2) is 9.97 Å². The predicted octanol–water partition coefficient (Wildman–Crippen LogP) is 2.29. The number of anilines is 1. The molecule has 2 aromatic rings. The van der Waals surface area contributed by atoms with Gasteiger partial charge in [-0.15, -0.1) is 10.2 Å². The summed E-state index contributed by atoms with van der Waals surface area (Å²) in [6.45, 7) is 1.48. The lowest BCUT2D eigenvalue weighted by Gasteiger charge is -2.17. The van der Waals surface area contributed by atoms with Gasteiger partial charge in [0.1, 0.15) is 11.6 Å². The molecule has 2 N–H and O–H groups in total. The van der Waals surface area contributed by atoms with E-state index in [0.29, 0.717) is 19.8 Å². The Bertz CT molecular complexity index is 1150. The highest BCUT2D eigenvalue weighted by molar-refractivity contribution is 5.91. The van der Waals surface area contributed by atoms with Gasteiger partial charge in [-0.1, -0.05) is 30.4 Å². The van der Waals surface area contributed by atoms with Crippen molar-refractivity contribution in [2.45, 2.75) is 38.0 Å². The molecule has 0 saturated carbocycles. The summed E-state index contributed by atoms with van der Waals surface area (Å²) in [6.07, 6.45) is 15.7. The zero-order valence-electron chi connectivity index (χ0n) is 18.9. The van der Waals surface area contributed by atoms with Crippen LogP contribution in [0.2, 0.25) is 0 Å². The molecule has 0 spiro atoms. The normalized spacial score (nSPS) is 19.0. The molecule has 0 radical (unpaired) electrons. The number of ether oxygens (including phenoxy) is 1. The standard InChI is InChI=1S/C24H29N7O2/c1-31-29-23(28-30-31)17-7-8-19-18(14-17)15-20-22(19)24(25-9-11-33-12-10-32)27-21(26-20)13-16-5-3-2-4-6-16/h3,5-6,8,14,17,32H,2,4,7,9-13,15H2,1H3,(H,25,26,27). The number of tetrazole rings is 1. The topological polar surface area (TPSA) is 111 Å². The summed E-state index contributed by atoms with van der Waals surface area (Å²) in [7, 11) is 1.79.